The number of hydrogen-bond donors (Lipinski definition) is 0. The van der Waals surface area contributed by atoms with E-state index in [0.29, 0.717) is 13.0 Å². The van der Waals surface area contributed by atoms with Crippen LogP contribution in [-0.2, 0) is 25.3 Å². The van der Waals surface area contributed by atoms with E-state index in [-0.39, 0.29) is 16.9 Å². The molecule has 3 aromatic rings. The van der Waals surface area contributed by atoms with Crippen LogP contribution in [0.1, 0.15) is 39.7 Å². The number of hydrogen-bond acceptors (Lipinski definition) is 5. The van der Waals surface area contributed by atoms with Crippen LogP contribution in [0.3, 0.4) is 0 Å². The van der Waals surface area contributed by atoms with Crippen LogP contribution in [0.15, 0.2) is 97.1 Å². The Hall–Kier alpha value is -3.03. The van der Waals surface area contributed by atoms with E-state index in [0.717, 1.165) is 11.3 Å². The molecule has 200 valence electrons. The summed E-state index contributed by atoms with van der Waals surface area (Å²) in [7, 11) is -1.16. The minimum atomic E-state index is -2.81. The molecule has 0 aliphatic carbocycles. The van der Waals surface area contributed by atoms with E-state index in [1.165, 1.54) is 10.4 Å². The Bertz CT molecular complexity index is 1160. The van der Waals surface area contributed by atoms with Gasteiger partial charge >= 0.3 is 0 Å². The highest BCUT2D eigenvalue weighted by molar-refractivity contribution is 6.99. The topological polar surface area (TPSA) is 54.0 Å². The van der Waals surface area contributed by atoms with Crippen LogP contribution < -0.4 is 15.1 Å². The number of benzene rings is 3. The van der Waals surface area contributed by atoms with Crippen molar-refractivity contribution in [3.05, 3.63) is 103 Å². The molecule has 0 aromatic heterocycles. The second-order valence-electron chi connectivity index (χ2n) is 10.7. The molecule has 1 fully saturated rings. The second-order valence-corrected chi connectivity index (χ2v) is 15.0. The maximum absolute atomic E-state index is 11.8. The van der Waals surface area contributed by atoms with E-state index in [4.69, 9.17) is 18.6 Å². The Morgan fingerprint density at radius 1 is 0.947 bits per heavy atom. The first-order chi connectivity index (χ1) is 18.2. The van der Waals surface area contributed by atoms with E-state index < -0.39 is 20.7 Å². The Labute approximate surface area is 227 Å². The lowest BCUT2D eigenvalue weighted by molar-refractivity contribution is -0.133. The van der Waals surface area contributed by atoms with Crippen LogP contribution >= 0.6 is 0 Å². The number of methoxy groups -OCH3 is 1. The van der Waals surface area contributed by atoms with Gasteiger partial charge in [-0.1, -0.05) is 93.6 Å². The van der Waals surface area contributed by atoms with Crippen molar-refractivity contribution in [2.24, 2.45) is 0 Å². The monoisotopic (exact) mass is 530 g/mol. The summed E-state index contributed by atoms with van der Waals surface area (Å²) in [5.41, 5.74) is 1.03. The molecule has 0 radical (unpaired) electrons. The standard InChI is InChI=1S/C32H38O5Si/c1-24(33)16-21-29-30(22-31(36-29)35-23-25-17-19-26(34-5)20-18-25)37-38(32(2,3)4,27-12-8-6-9-13-27)28-14-10-7-11-15-28/h6-21,29-31H,22-23H2,1-5H3/b21-16+/t29-,30-,31-/m1/s1. The van der Waals surface area contributed by atoms with Gasteiger partial charge in [-0.15, -0.1) is 0 Å². The summed E-state index contributed by atoms with van der Waals surface area (Å²) >= 11 is 0. The molecule has 5 nitrogen and oxygen atoms in total. The number of carbonyl (C=O) groups is 1. The molecule has 1 heterocycles. The molecule has 0 unspecified atom stereocenters. The van der Waals surface area contributed by atoms with Gasteiger partial charge in [-0.3, -0.25) is 4.79 Å². The molecule has 3 atom stereocenters. The van der Waals surface area contributed by atoms with E-state index in [1.807, 2.05) is 42.5 Å². The predicted octanol–water partition coefficient (Wildman–Crippen LogP) is 5.42. The summed E-state index contributed by atoms with van der Waals surface area (Å²) in [6, 6.07) is 28.9. The van der Waals surface area contributed by atoms with Crippen molar-refractivity contribution in [3.63, 3.8) is 0 Å². The number of allylic oxidation sites excluding steroid dienone is 1. The molecule has 1 aliphatic rings. The molecule has 38 heavy (non-hydrogen) atoms. The summed E-state index contributed by atoms with van der Waals surface area (Å²) in [6.07, 6.45) is 2.81. The van der Waals surface area contributed by atoms with E-state index in [9.17, 15) is 4.79 Å². The van der Waals surface area contributed by atoms with E-state index in [1.54, 1.807) is 20.1 Å². The fraction of sp³-hybridized carbons (Fsp3) is 0.344. The molecule has 0 saturated carbocycles. The van der Waals surface area contributed by atoms with Gasteiger partial charge in [0.1, 0.15) is 11.9 Å². The Morgan fingerprint density at radius 2 is 1.53 bits per heavy atom. The summed E-state index contributed by atoms with van der Waals surface area (Å²) in [5.74, 6) is 0.777. The molecular formula is C32H38O5Si. The SMILES string of the molecule is COc1ccc(CO[C@H]2C[C@@H](O[Si](c3ccccc3)(c3ccccc3)C(C)(C)C)[C@@H](/C=C/C(C)=O)O2)cc1. The first kappa shape index (κ1) is 28.0. The molecule has 0 spiro atoms. The fourth-order valence-corrected chi connectivity index (χ4v) is 9.79. The summed E-state index contributed by atoms with van der Waals surface area (Å²) < 4.78 is 25.1. The zero-order valence-corrected chi connectivity index (χ0v) is 23.9. The largest absolute Gasteiger partial charge is 0.497 e. The van der Waals surface area contributed by atoms with Crippen molar-refractivity contribution < 1.29 is 23.4 Å². The Balaban J connectivity index is 1.66. The first-order valence-corrected chi connectivity index (χ1v) is 15.0. The highest BCUT2D eigenvalue weighted by Gasteiger charge is 2.53. The van der Waals surface area contributed by atoms with Crippen molar-refractivity contribution in [2.75, 3.05) is 7.11 Å². The van der Waals surface area contributed by atoms with Crippen LogP contribution in [0.4, 0.5) is 0 Å². The van der Waals surface area contributed by atoms with Gasteiger partial charge in [0.2, 0.25) is 0 Å². The van der Waals surface area contributed by atoms with Crippen molar-refractivity contribution in [1.29, 1.82) is 0 Å². The third-order valence-corrected chi connectivity index (χ3v) is 12.0. The van der Waals surface area contributed by atoms with Crippen molar-refractivity contribution in [1.82, 2.24) is 0 Å². The van der Waals surface area contributed by atoms with Crippen molar-refractivity contribution in [2.45, 2.75) is 64.3 Å². The maximum Gasteiger partial charge on any atom is 0.261 e. The molecule has 0 amide bonds. The van der Waals surface area contributed by atoms with Crippen LogP contribution in [0.25, 0.3) is 0 Å². The minimum absolute atomic E-state index is 0.0274. The van der Waals surface area contributed by atoms with Crippen LogP contribution in [-0.4, -0.2) is 39.7 Å². The van der Waals surface area contributed by atoms with Gasteiger partial charge in [-0.2, -0.15) is 0 Å². The maximum atomic E-state index is 11.8. The third kappa shape index (κ3) is 6.33. The van der Waals surface area contributed by atoms with Crippen LogP contribution in [0.5, 0.6) is 5.75 Å². The van der Waals surface area contributed by atoms with Crippen molar-refractivity contribution in [3.8, 4) is 5.75 Å². The van der Waals surface area contributed by atoms with Gasteiger partial charge in [0, 0.05) is 6.42 Å². The summed E-state index contributed by atoms with van der Waals surface area (Å²) in [4.78, 5) is 11.8. The van der Waals surface area contributed by atoms with Crippen LogP contribution in [0.2, 0.25) is 5.04 Å². The number of ketones is 1. The van der Waals surface area contributed by atoms with Gasteiger partial charge in [-0.05, 0) is 52.2 Å². The molecular weight excluding hydrogens is 492 g/mol. The van der Waals surface area contributed by atoms with Gasteiger partial charge < -0.3 is 18.6 Å². The molecule has 0 N–H and O–H groups in total. The van der Waals surface area contributed by atoms with E-state index >= 15 is 0 Å². The zero-order chi connectivity index (χ0) is 27.2. The molecule has 3 aromatic carbocycles. The average Bonchev–Trinajstić information content (AvgIpc) is 3.31. The lowest BCUT2D eigenvalue weighted by Crippen LogP contribution is -2.68. The van der Waals surface area contributed by atoms with E-state index in [2.05, 4.69) is 69.3 Å². The highest BCUT2D eigenvalue weighted by atomic mass is 28.4. The Kier molecular flexibility index (Phi) is 9.00. The van der Waals surface area contributed by atoms with Crippen molar-refractivity contribution >= 4 is 24.5 Å². The molecule has 1 aliphatic heterocycles. The second kappa shape index (κ2) is 12.2. The quantitative estimate of drug-likeness (QED) is 0.259. The third-order valence-electron chi connectivity index (χ3n) is 6.96. The Morgan fingerprint density at radius 3 is 2.03 bits per heavy atom. The van der Waals surface area contributed by atoms with Gasteiger partial charge in [0.25, 0.3) is 8.32 Å². The molecule has 1 saturated heterocycles. The average molecular weight is 531 g/mol. The van der Waals surface area contributed by atoms with Gasteiger partial charge in [0.05, 0.1) is 19.8 Å². The lowest BCUT2D eigenvalue weighted by Gasteiger charge is -2.45. The highest BCUT2D eigenvalue weighted by Crippen LogP contribution is 2.40. The fourth-order valence-electron chi connectivity index (χ4n) is 5.09. The first-order valence-electron chi connectivity index (χ1n) is 13.1. The van der Waals surface area contributed by atoms with Gasteiger partial charge in [0.15, 0.2) is 12.1 Å². The number of ether oxygens (including phenoxy) is 3. The normalized spacial score (nSPS) is 20.1. The number of carbonyl (C=O) groups excluding carboxylic acids is 1. The molecule has 0 bridgehead atoms. The van der Waals surface area contributed by atoms with Gasteiger partial charge in [-0.25, -0.2) is 0 Å². The molecule has 4 rings (SSSR count). The van der Waals surface area contributed by atoms with Crippen LogP contribution in [0, 0.1) is 0 Å². The predicted molar refractivity (Wildman–Crippen MR) is 153 cm³/mol. The number of rotatable bonds is 10. The summed E-state index contributed by atoms with van der Waals surface area (Å²) in [6.45, 7) is 8.72. The lowest BCUT2D eigenvalue weighted by atomic mass is 10.1. The summed E-state index contributed by atoms with van der Waals surface area (Å²) in [5, 5.41) is 2.23. The minimum Gasteiger partial charge on any atom is -0.497 e. The molecule has 6 heteroatoms. The smallest absolute Gasteiger partial charge is 0.261 e. The zero-order valence-electron chi connectivity index (χ0n) is 22.9.